The number of piperazine rings is 1. The van der Waals surface area contributed by atoms with E-state index in [9.17, 15) is 4.79 Å². The van der Waals surface area contributed by atoms with Crippen molar-refractivity contribution >= 4 is 30.7 Å². The highest BCUT2D eigenvalue weighted by molar-refractivity contribution is 5.85. The topological polar surface area (TPSA) is 58.8 Å². The van der Waals surface area contributed by atoms with E-state index in [2.05, 4.69) is 18.7 Å². The summed E-state index contributed by atoms with van der Waals surface area (Å²) < 4.78 is 5.75. The zero-order valence-electron chi connectivity index (χ0n) is 15.9. The fraction of sp³-hybridized carbons (Fsp3) is 0.632. The Balaban J connectivity index is 0.00000312. The van der Waals surface area contributed by atoms with E-state index in [0.717, 1.165) is 51.3 Å². The van der Waals surface area contributed by atoms with Crippen molar-refractivity contribution in [3.05, 3.63) is 30.3 Å². The first-order valence-electron chi connectivity index (χ1n) is 9.05. The lowest BCUT2D eigenvalue weighted by Crippen LogP contribution is -2.55. The van der Waals surface area contributed by atoms with Gasteiger partial charge < -0.3 is 15.4 Å². The van der Waals surface area contributed by atoms with Gasteiger partial charge >= 0.3 is 0 Å². The molecule has 0 atom stereocenters. The molecule has 1 aromatic carbocycles. The van der Waals surface area contributed by atoms with Gasteiger partial charge in [0.05, 0.1) is 5.41 Å². The average Bonchev–Trinajstić information content (AvgIpc) is 2.65. The number of rotatable bonds is 8. The summed E-state index contributed by atoms with van der Waals surface area (Å²) in [6, 6.07) is 9.88. The maximum absolute atomic E-state index is 12.8. The van der Waals surface area contributed by atoms with Crippen molar-refractivity contribution in [2.24, 2.45) is 11.1 Å². The van der Waals surface area contributed by atoms with Crippen molar-refractivity contribution in [3.8, 4) is 5.75 Å². The highest BCUT2D eigenvalue weighted by Gasteiger charge is 2.37. The zero-order valence-corrected chi connectivity index (χ0v) is 17.5. The Kier molecular flexibility index (Phi) is 11.9. The number of ether oxygens (including phenoxy) is 1. The van der Waals surface area contributed by atoms with E-state index < -0.39 is 0 Å². The minimum atomic E-state index is -0.376. The summed E-state index contributed by atoms with van der Waals surface area (Å²) in [7, 11) is 0. The fourth-order valence-corrected chi connectivity index (χ4v) is 3.25. The second-order valence-corrected chi connectivity index (χ2v) is 6.49. The molecule has 0 bridgehead atoms. The SMILES string of the molecule is CCC(CC)(CN)C(=O)N1CCN(CCOc2ccccc2)CC1.Cl.Cl. The number of amides is 1. The van der Waals surface area contributed by atoms with Gasteiger partial charge in [-0.1, -0.05) is 32.0 Å². The van der Waals surface area contributed by atoms with Crippen LogP contribution in [-0.4, -0.2) is 61.6 Å². The number of para-hydroxylation sites is 1. The molecule has 1 aliphatic rings. The summed E-state index contributed by atoms with van der Waals surface area (Å²) >= 11 is 0. The zero-order chi connectivity index (χ0) is 17.4. The van der Waals surface area contributed by atoms with Crippen LogP contribution in [0, 0.1) is 5.41 Å². The Morgan fingerprint density at radius 1 is 1.08 bits per heavy atom. The molecule has 0 radical (unpaired) electrons. The lowest BCUT2D eigenvalue weighted by Gasteiger charge is -2.40. The molecular weight excluding hydrogens is 373 g/mol. The van der Waals surface area contributed by atoms with Crippen molar-refractivity contribution in [3.63, 3.8) is 0 Å². The molecule has 0 aliphatic carbocycles. The third-order valence-electron chi connectivity index (χ3n) is 5.28. The van der Waals surface area contributed by atoms with E-state index >= 15 is 0 Å². The molecule has 1 aliphatic heterocycles. The van der Waals surface area contributed by atoms with Crippen LogP contribution in [0.2, 0.25) is 0 Å². The first-order chi connectivity index (χ1) is 11.6. The smallest absolute Gasteiger partial charge is 0.230 e. The number of halogens is 2. The second kappa shape index (κ2) is 12.4. The van der Waals surface area contributed by atoms with Gasteiger partial charge in [-0.3, -0.25) is 9.69 Å². The summed E-state index contributed by atoms with van der Waals surface area (Å²) in [4.78, 5) is 17.2. The van der Waals surface area contributed by atoms with E-state index in [4.69, 9.17) is 10.5 Å². The van der Waals surface area contributed by atoms with Crippen molar-refractivity contribution in [2.75, 3.05) is 45.9 Å². The predicted octanol–water partition coefficient (Wildman–Crippen LogP) is 2.82. The maximum Gasteiger partial charge on any atom is 0.230 e. The number of nitrogens with two attached hydrogens (primary N) is 1. The number of nitrogens with zero attached hydrogens (tertiary/aromatic N) is 2. The number of carbonyl (C=O) groups is 1. The first kappa shape index (κ1) is 25.0. The Morgan fingerprint density at radius 2 is 1.65 bits per heavy atom. The van der Waals surface area contributed by atoms with Crippen LogP contribution >= 0.6 is 24.8 Å². The van der Waals surface area contributed by atoms with Gasteiger partial charge in [0.2, 0.25) is 5.91 Å². The van der Waals surface area contributed by atoms with E-state index in [1.165, 1.54) is 0 Å². The fourth-order valence-electron chi connectivity index (χ4n) is 3.25. The van der Waals surface area contributed by atoms with Crippen molar-refractivity contribution < 1.29 is 9.53 Å². The maximum atomic E-state index is 12.8. The van der Waals surface area contributed by atoms with Gasteiger partial charge in [-0.05, 0) is 25.0 Å². The Labute approximate surface area is 170 Å². The molecule has 0 unspecified atom stereocenters. The monoisotopic (exact) mass is 405 g/mol. The molecular formula is C19H33Cl2N3O2. The van der Waals surface area contributed by atoms with Crippen molar-refractivity contribution in [1.29, 1.82) is 0 Å². The molecule has 0 aromatic heterocycles. The lowest BCUT2D eigenvalue weighted by molar-refractivity contribution is -0.144. The number of hydrogen-bond acceptors (Lipinski definition) is 4. The van der Waals surface area contributed by atoms with Gasteiger partial charge in [-0.2, -0.15) is 0 Å². The van der Waals surface area contributed by atoms with Crippen molar-refractivity contribution in [2.45, 2.75) is 26.7 Å². The molecule has 2 N–H and O–H groups in total. The second-order valence-electron chi connectivity index (χ2n) is 6.49. The Morgan fingerprint density at radius 3 is 2.15 bits per heavy atom. The van der Waals surface area contributed by atoms with E-state index in [0.29, 0.717) is 13.2 Å². The Bertz CT molecular complexity index is 497. The van der Waals surface area contributed by atoms with E-state index in [1.807, 2.05) is 35.2 Å². The molecule has 26 heavy (non-hydrogen) atoms. The van der Waals surface area contributed by atoms with Gasteiger partial charge in [0, 0.05) is 39.3 Å². The van der Waals surface area contributed by atoms with Crippen LogP contribution in [0.4, 0.5) is 0 Å². The number of carbonyl (C=O) groups excluding carboxylic acids is 1. The van der Waals surface area contributed by atoms with E-state index in [-0.39, 0.29) is 36.1 Å². The highest BCUT2D eigenvalue weighted by Crippen LogP contribution is 2.28. The molecule has 1 fully saturated rings. The molecule has 150 valence electrons. The highest BCUT2D eigenvalue weighted by atomic mass is 35.5. The summed E-state index contributed by atoms with van der Waals surface area (Å²) in [5, 5.41) is 0. The van der Waals surface area contributed by atoms with Crippen LogP contribution in [0.1, 0.15) is 26.7 Å². The average molecular weight is 406 g/mol. The van der Waals surface area contributed by atoms with Crippen LogP contribution in [-0.2, 0) is 4.79 Å². The number of hydrogen-bond donors (Lipinski definition) is 1. The van der Waals surface area contributed by atoms with Crippen LogP contribution in [0.15, 0.2) is 30.3 Å². The van der Waals surface area contributed by atoms with Crippen LogP contribution in [0.3, 0.4) is 0 Å². The number of benzene rings is 1. The molecule has 1 saturated heterocycles. The summed E-state index contributed by atoms with van der Waals surface area (Å²) in [5.74, 6) is 1.14. The molecule has 1 heterocycles. The quantitative estimate of drug-likeness (QED) is 0.721. The van der Waals surface area contributed by atoms with Crippen LogP contribution in [0.5, 0.6) is 5.75 Å². The summed E-state index contributed by atoms with van der Waals surface area (Å²) in [6.07, 6.45) is 1.62. The molecule has 1 aromatic rings. The molecule has 0 saturated carbocycles. The standard InChI is InChI=1S/C19H31N3O2.2ClH/c1-3-19(4-2,16-20)18(23)22-12-10-21(11-13-22)14-15-24-17-8-6-5-7-9-17;;/h5-9H,3-4,10-16,20H2,1-2H3;2*1H. The largest absolute Gasteiger partial charge is 0.492 e. The minimum absolute atomic E-state index is 0. The van der Waals surface area contributed by atoms with Gasteiger partial charge in [-0.25, -0.2) is 0 Å². The summed E-state index contributed by atoms with van der Waals surface area (Å²) in [5.41, 5.74) is 5.53. The van der Waals surface area contributed by atoms with E-state index in [1.54, 1.807) is 0 Å². The van der Waals surface area contributed by atoms with Crippen molar-refractivity contribution in [1.82, 2.24) is 9.80 Å². The molecule has 1 amide bonds. The van der Waals surface area contributed by atoms with Crippen LogP contribution in [0.25, 0.3) is 0 Å². The normalized spacial score (nSPS) is 15.0. The van der Waals surface area contributed by atoms with Gasteiger partial charge in [0.1, 0.15) is 12.4 Å². The molecule has 0 spiro atoms. The van der Waals surface area contributed by atoms with Gasteiger partial charge in [-0.15, -0.1) is 24.8 Å². The van der Waals surface area contributed by atoms with Crippen LogP contribution < -0.4 is 10.5 Å². The third-order valence-corrected chi connectivity index (χ3v) is 5.28. The third kappa shape index (κ3) is 6.31. The van der Waals surface area contributed by atoms with Gasteiger partial charge in [0.25, 0.3) is 0 Å². The Hall–Kier alpha value is -1.01. The lowest BCUT2D eigenvalue weighted by atomic mass is 9.81. The molecule has 2 rings (SSSR count). The van der Waals surface area contributed by atoms with Gasteiger partial charge in [0.15, 0.2) is 0 Å². The minimum Gasteiger partial charge on any atom is -0.492 e. The predicted molar refractivity (Wildman–Crippen MR) is 112 cm³/mol. The molecule has 5 nitrogen and oxygen atoms in total. The molecule has 7 heteroatoms. The first-order valence-corrected chi connectivity index (χ1v) is 9.05. The summed E-state index contributed by atoms with van der Waals surface area (Å²) in [6.45, 7) is 9.49.